The Bertz CT molecular complexity index is 451. The summed E-state index contributed by atoms with van der Waals surface area (Å²) in [7, 11) is 0. The molecule has 6 heteroatoms. The fourth-order valence-electron chi connectivity index (χ4n) is 1.08. The van der Waals surface area contributed by atoms with Crippen molar-refractivity contribution in [1.82, 2.24) is 20.6 Å². The molecule has 0 atom stereocenters. The maximum atomic E-state index is 10.8. The van der Waals surface area contributed by atoms with Crippen LogP contribution in [0, 0.1) is 5.41 Å². The predicted molar refractivity (Wildman–Crippen MR) is 46.4 cm³/mol. The number of aromatic amines is 1. The molecule has 0 aliphatic rings. The SMILES string of the molecule is N=C([O-])c1cccc(-c2nn[nH]n2)c1. The third-order valence-electron chi connectivity index (χ3n) is 1.73. The Morgan fingerprint density at radius 2 is 2.29 bits per heavy atom. The molecule has 0 spiro atoms. The van der Waals surface area contributed by atoms with E-state index in [1.54, 1.807) is 24.3 Å². The van der Waals surface area contributed by atoms with E-state index in [0.717, 1.165) is 0 Å². The van der Waals surface area contributed by atoms with Gasteiger partial charge in [-0.25, -0.2) is 0 Å². The van der Waals surface area contributed by atoms with Gasteiger partial charge in [0, 0.05) is 5.56 Å². The van der Waals surface area contributed by atoms with Gasteiger partial charge in [0.2, 0.25) is 5.82 Å². The normalized spacial score (nSPS) is 10.0. The van der Waals surface area contributed by atoms with Crippen molar-refractivity contribution in [3.63, 3.8) is 0 Å². The van der Waals surface area contributed by atoms with Gasteiger partial charge in [0.05, 0.1) is 0 Å². The fourth-order valence-corrected chi connectivity index (χ4v) is 1.08. The van der Waals surface area contributed by atoms with Crippen molar-refractivity contribution < 1.29 is 5.11 Å². The van der Waals surface area contributed by atoms with Crippen molar-refractivity contribution in [2.45, 2.75) is 0 Å². The lowest BCUT2D eigenvalue weighted by molar-refractivity contribution is -0.214. The molecule has 0 saturated heterocycles. The van der Waals surface area contributed by atoms with Gasteiger partial charge in [0.15, 0.2) is 0 Å². The van der Waals surface area contributed by atoms with Gasteiger partial charge < -0.3 is 10.5 Å². The summed E-state index contributed by atoms with van der Waals surface area (Å²) < 4.78 is 0. The van der Waals surface area contributed by atoms with Crippen LogP contribution in [-0.2, 0) is 0 Å². The zero-order chi connectivity index (χ0) is 9.97. The summed E-state index contributed by atoms with van der Waals surface area (Å²) in [5, 5.41) is 31.0. The highest BCUT2D eigenvalue weighted by molar-refractivity contribution is 5.89. The predicted octanol–water partition coefficient (Wildman–Crippen LogP) is -0.448. The van der Waals surface area contributed by atoms with Crippen molar-refractivity contribution in [1.29, 1.82) is 5.41 Å². The van der Waals surface area contributed by atoms with E-state index in [1.165, 1.54) is 0 Å². The minimum Gasteiger partial charge on any atom is -0.859 e. The Labute approximate surface area is 79.1 Å². The quantitative estimate of drug-likeness (QED) is 0.492. The molecule has 1 heterocycles. The monoisotopic (exact) mass is 188 g/mol. The van der Waals surface area contributed by atoms with Crippen molar-refractivity contribution in [3.8, 4) is 11.4 Å². The molecule has 0 saturated carbocycles. The molecule has 1 aromatic heterocycles. The lowest BCUT2D eigenvalue weighted by atomic mass is 10.1. The summed E-state index contributed by atoms with van der Waals surface area (Å²) in [5.74, 6) is -0.316. The number of aromatic nitrogens is 4. The first kappa shape index (κ1) is 8.36. The Morgan fingerprint density at radius 1 is 1.43 bits per heavy atom. The molecular weight excluding hydrogens is 182 g/mol. The average molecular weight is 188 g/mol. The maximum Gasteiger partial charge on any atom is 0.204 e. The zero-order valence-corrected chi connectivity index (χ0v) is 7.06. The van der Waals surface area contributed by atoms with E-state index < -0.39 is 5.90 Å². The van der Waals surface area contributed by atoms with Gasteiger partial charge in [-0.05, 0) is 22.7 Å². The summed E-state index contributed by atoms with van der Waals surface area (Å²) in [5.41, 5.74) is 0.976. The van der Waals surface area contributed by atoms with Gasteiger partial charge in [0.1, 0.15) is 0 Å². The number of tetrazole rings is 1. The highest BCUT2D eigenvalue weighted by Gasteiger charge is 2.02. The molecule has 70 valence electrons. The van der Waals surface area contributed by atoms with E-state index in [0.29, 0.717) is 17.0 Å². The molecule has 0 amide bonds. The van der Waals surface area contributed by atoms with E-state index in [9.17, 15) is 5.11 Å². The van der Waals surface area contributed by atoms with E-state index in [2.05, 4.69) is 20.6 Å². The number of H-pyrrole nitrogens is 1. The third kappa shape index (κ3) is 1.45. The summed E-state index contributed by atoms with van der Waals surface area (Å²) in [4.78, 5) is 0. The Balaban J connectivity index is 2.46. The van der Waals surface area contributed by atoms with Crippen molar-refractivity contribution in [3.05, 3.63) is 29.8 Å². The van der Waals surface area contributed by atoms with Crippen LogP contribution < -0.4 is 5.11 Å². The number of benzene rings is 1. The first-order chi connectivity index (χ1) is 6.77. The van der Waals surface area contributed by atoms with Crippen LogP contribution in [0.5, 0.6) is 0 Å². The molecule has 2 aromatic rings. The minimum absolute atomic E-state index is 0.312. The van der Waals surface area contributed by atoms with Crippen molar-refractivity contribution >= 4 is 5.90 Å². The molecular formula is C8H6N5O-. The minimum atomic E-state index is -0.727. The lowest BCUT2D eigenvalue weighted by Crippen LogP contribution is -2.16. The topological polar surface area (TPSA) is 101 Å². The third-order valence-corrected chi connectivity index (χ3v) is 1.73. The van der Waals surface area contributed by atoms with Crippen LogP contribution in [0.25, 0.3) is 11.4 Å². The maximum absolute atomic E-state index is 10.8. The molecule has 6 nitrogen and oxygen atoms in total. The van der Waals surface area contributed by atoms with Crippen LogP contribution in [0.1, 0.15) is 5.56 Å². The Morgan fingerprint density at radius 3 is 2.93 bits per heavy atom. The second-order valence-electron chi connectivity index (χ2n) is 2.65. The number of rotatable bonds is 2. The largest absolute Gasteiger partial charge is 0.859 e. The van der Waals surface area contributed by atoms with Crippen LogP contribution >= 0.6 is 0 Å². The summed E-state index contributed by atoms with van der Waals surface area (Å²) in [6.07, 6.45) is 0. The van der Waals surface area contributed by atoms with Gasteiger partial charge >= 0.3 is 0 Å². The number of hydrogen-bond donors (Lipinski definition) is 2. The molecule has 0 aliphatic heterocycles. The van der Waals surface area contributed by atoms with Gasteiger partial charge in [-0.1, -0.05) is 18.2 Å². The Hall–Kier alpha value is -2.24. The van der Waals surface area contributed by atoms with Crippen LogP contribution in [0.4, 0.5) is 0 Å². The summed E-state index contributed by atoms with van der Waals surface area (Å²) >= 11 is 0. The molecule has 0 aliphatic carbocycles. The second kappa shape index (κ2) is 3.25. The van der Waals surface area contributed by atoms with Gasteiger partial charge in [-0.15, -0.1) is 10.2 Å². The molecule has 0 unspecified atom stereocenters. The number of hydrogen-bond acceptors (Lipinski definition) is 5. The molecule has 1 aromatic carbocycles. The van der Waals surface area contributed by atoms with Crippen LogP contribution in [0.2, 0.25) is 0 Å². The first-order valence-corrected chi connectivity index (χ1v) is 3.87. The molecule has 2 N–H and O–H groups in total. The zero-order valence-electron chi connectivity index (χ0n) is 7.06. The molecule has 0 bridgehead atoms. The van der Waals surface area contributed by atoms with Crippen LogP contribution in [0.3, 0.4) is 0 Å². The Kier molecular flexibility index (Phi) is 1.94. The van der Waals surface area contributed by atoms with Crippen molar-refractivity contribution in [2.75, 3.05) is 0 Å². The first-order valence-electron chi connectivity index (χ1n) is 3.87. The highest BCUT2D eigenvalue weighted by Crippen LogP contribution is 2.14. The van der Waals surface area contributed by atoms with Gasteiger partial charge in [-0.2, -0.15) is 5.21 Å². The van der Waals surface area contributed by atoms with Crippen LogP contribution in [-0.4, -0.2) is 26.5 Å². The van der Waals surface area contributed by atoms with Gasteiger partial charge in [-0.3, -0.25) is 0 Å². The number of nitrogens with zero attached hydrogens (tertiary/aromatic N) is 3. The summed E-state index contributed by atoms with van der Waals surface area (Å²) in [6.45, 7) is 0. The molecule has 0 fully saturated rings. The van der Waals surface area contributed by atoms with Crippen LogP contribution in [0.15, 0.2) is 24.3 Å². The lowest BCUT2D eigenvalue weighted by Gasteiger charge is -2.07. The van der Waals surface area contributed by atoms with E-state index >= 15 is 0 Å². The van der Waals surface area contributed by atoms with Gasteiger partial charge in [0.25, 0.3) is 0 Å². The average Bonchev–Trinajstić information content (AvgIpc) is 2.71. The smallest absolute Gasteiger partial charge is 0.204 e. The molecule has 14 heavy (non-hydrogen) atoms. The molecule has 0 radical (unpaired) electrons. The van der Waals surface area contributed by atoms with E-state index in [-0.39, 0.29) is 0 Å². The fraction of sp³-hybridized carbons (Fsp3) is 0. The second-order valence-corrected chi connectivity index (χ2v) is 2.65. The highest BCUT2D eigenvalue weighted by atomic mass is 16.3. The number of nitrogens with one attached hydrogen (secondary N) is 2. The standard InChI is InChI=1S/C8H7N5O/c9-7(14)5-2-1-3-6(4-5)8-10-12-13-11-8/h1-4H,(H2,9,14)(H,10,11,12,13)/p-1. The summed E-state index contributed by atoms with van der Waals surface area (Å²) in [6, 6.07) is 6.55. The van der Waals surface area contributed by atoms with E-state index in [1.807, 2.05) is 0 Å². The molecule has 2 rings (SSSR count). The van der Waals surface area contributed by atoms with E-state index in [4.69, 9.17) is 5.41 Å². The van der Waals surface area contributed by atoms with Crippen molar-refractivity contribution in [2.24, 2.45) is 0 Å².